The number of rotatable bonds is 6. The third-order valence-corrected chi connectivity index (χ3v) is 3.27. The van der Waals surface area contributed by atoms with Crippen LogP contribution in [0.2, 0.25) is 0 Å². The molecule has 0 spiro atoms. The molecule has 0 saturated carbocycles. The van der Waals surface area contributed by atoms with Crippen molar-refractivity contribution < 1.29 is 4.79 Å². The summed E-state index contributed by atoms with van der Waals surface area (Å²) in [6.45, 7) is 2.16. The summed E-state index contributed by atoms with van der Waals surface area (Å²) in [4.78, 5) is 11.2. The molecule has 0 aliphatic carbocycles. The van der Waals surface area contributed by atoms with Crippen molar-refractivity contribution in [3.8, 4) is 0 Å². The second-order valence-electron chi connectivity index (χ2n) is 4.84. The molecule has 0 bridgehead atoms. The topological polar surface area (TPSA) is 55.1 Å². The Morgan fingerprint density at radius 1 is 1.15 bits per heavy atom. The molecule has 0 aliphatic heterocycles. The summed E-state index contributed by atoms with van der Waals surface area (Å²) in [7, 11) is 0. The molecule has 104 valence electrons. The number of carbonyl (C=O) groups excluding carboxylic acids is 1. The SMILES string of the molecule is CCCC(Nc1cccc(C(N)=O)c1)c1ccccc1. The fourth-order valence-corrected chi connectivity index (χ4v) is 2.26. The predicted octanol–water partition coefficient (Wildman–Crippen LogP) is 3.74. The van der Waals surface area contributed by atoms with Crippen LogP contribution < -0.4 is 11.1 Å². The molecule has 3 nitrogen and oxygen atoms in total. The Bertz CT molecular complexity index is 566. The van der Waals surface area contributed by atoms with Crippen LogP contribution in [0, 0.1) is 0 Å². The van der Waals surface area contributed by atoms with Gasteiger partial charge in [-0.1, -0.05) is 49.7 Å². The Morgan fingerprint density at radius 2 is 1.90 bits per heavy atom. The molecule has 2 rings (SSSR count). The fourth-order valence-electron chi connectivity index (χ4n) is 2.26. The maximum absolute atomic E-state index is 11.2. The van der Waals surface area contributed by atoms with Gasteiger partial charge in [0, 0.05) is 11.3 Å². The van der Waals surface area contributed by atoms with Crippen molar-refractivity contribution in [3.63, 3.8) is 0 Å². The lowest BCUT2D eigenvalue weighted by atomic mass is 10.0. The van der Waals surface area contributed by atoms with E-state index in [1.165, 1.54) is 5.56 Å². The molecule has 0 radical (unpaired) electrons. The largest absolute Gasteiger partial charge is 0.378 e. The average Bonchev–Trinajstić information content (AvgIpc) is 2.48. The number of amides is 1. The molecule has 0 fully saturated rings. The number of anilines is 1. The molecule has 2 aromatic rings. The molecule has 1 amide bonds. The van der Waals surface area contributed by atoms with E-state index in [-0.39, 0.29) is 6.04 Å². The van der Waals surface area contributed by atoms with Gasteiger partial charge in [0.1, 0.15) is 0 Å². The van der Waals surface area contributed by atoms with Gasteiger partial charge in [-0.15, -0.1) is 0 Å². The predicted molar refractivity (Wildman–Crippen MR) is 82.7 cm³/mol. The van der Waals surface area contributed by atoms with Crippen LogP contribution in [-0.4, -0.2) is 5.91 Å². The van der Waals surface area contributed by atoms with Gasteiger partial charge in [0.05, 0.1) is 6.04 Å². The summed E-state index contributed by atoms with van der Waals surface area (Å²) >= 11 is 0. The summed E-state index contributed by atoms with van der Waals surface area (Å²) in [6, 6.07) is 17.9. The Kier molecular flexibility index (Phi) is 4.77. The van der Waals surface area contributed by atoms with Crippen LogP contribution in [0.15, 0.2) is 54.6 Å². The number of nitrogens with one attached hydrogen (secondary N) is 1. The Labute approximate surface area is 119 Å². The van der Waals surface area contributed by atoms with Crippen molar-refractivity contribution in [1.29, 1.82) is 0 Å². The monoisotopic (exact) mass is 268 g/mol. The Morgan fingerprint density at radius 3 is 2.55 bits per heavy atom. The van der Waals surface area contributed by atoms with Gasteiger partial charge < -0.3 is 11.1 Å². The van der Waals surface area contributed by atoms with Crippen LogP contribution in [-0.2, 0) is 0 Å². The molecule has 0 heterocycles. The van der Waals surface area contributed by atoms with Gasteiger partial charge in [-0.05, 0) is 30.2 Å². The highest BCUT2D eigenvalue weighted by molar-refractivity contribution is 5.93. The first-order valence-electron chi connectivity index (χ1n) is 6.92. The molecular formula is C17H20N2O. The molecule has 3 N–H and O–H groups in total. The lowest BCUT2D eigenvalue weighted by molar-refractivity contribution is 0.100. The van der Waals surface area contributed by atoms with Gasteiger partial charge in [0.15, 0.2) is 0 Å². The standard InChI is InChI=1S/C17H20N2O/c1-2-7-16(13-8-4-3-5-9-13)19-15-11-6-10-14(12-15)17(18)20/h3-6,8-12,16,19H,2,7H2,1H3,(H2,18,20). The van der Waals surface area contributed by atoms with Gasteiger partial charge in [-0.25, -0.2) is 0 Å². The van der Waals surface area contributed by atoms with Gasteiger partial charge in [-0.2, -0.15) is 0 Å². The quantitative estimate of drug-likeness (QED) is 0.838. The average molecular weight is 268 g/mol. The lowest BCUT2D eigenvalue weighted by Crippen LogP contribution is -2.13. The Hall–Kier alpha value is -2.29. The second-order valence-corrected chi connectivity index (χ2v) is 4.84. The number of carbonyl (C=O) groups is 1. The minimum atomic E-state index is -0.402. The first-order valence-corrected chi connectivity index (χ1v) is 6.92. The number of hydrogen-bond acceptors (Lipinski definition) is 2. The molecule has 1 atom stereocenters. The highest BCUT2D eigenvalue weighted by Crippen LogP contribution is 2.24. The van der Waals surface area contributed by atoms with E-state index < -0.39 is 5.91 Å². The molecular weight excluding hydrogens is 248 g/mol. The van der Waals surface area contributed by atoms with Crippen LogP contribution in [0.5, 0.6) is 0 Å². The highest BCUT2D eigenvalue weighted by atomic mass is 16.1. The summed E-state index contributed by atoms with van der Waals surface area (Å²) in [5, 5.41) is 3.48. The first-order chi connectivity index (χ1) is 9.70. The third-order valence-electron chi connectivity index (χ3n) is 3.27. The second kappa shape index (κ2) is 6.75. The number of benzene rings is 2. The molecule has 0 saturated heterocycles. The molecule has 0 aliphatic rings. The zero-order valence-electron chi connectivity index (χ0n) is 11.7. The van der Waals surface area contributed by atoms with Crippen LogP contribution in [0.1, 0.15) is 41.7 Å². The van der Waals surface area contributed by atoms with Crippen molar-refractivity contribution in [2.24, 2.45) is 5.73 Å². The lowest BCUT2D eigenvalue weighted by Gasteiger charge is -2.20. The van der Waals surface area contributed by atoms with Gasteiger partial charge in [0.25, 0.3) is 0 Å². The molecule has 3 heteroatoms. The first kappa shape index (κ1) is 14.1. The van der Waals surface area contributed by atoms with E-state index in [1.54, 1.807) is 12.1 Å². The van der Waals surface area contributed by atoms with Crippen molar-refractivity contribution in [2.45, 2.75) is 25.8 Å². The van der Waals surface area contributed by atoms with Crippen LogP contribution >= 0.6 is 0 Å². The summed E-state index contributed by atoms with van der Waals surface area (Å²) in [5.74, 6) is -0.402. The summed E-state index contributed by atoms with van der Waals surface area (Å²) in [6.07, 6.45) is 2.12. The van der Waals surface area contributed by atoms with E-state index in [0.717, 1.165) is 18.5 Å². The molecule has 1 unspecified atom stereocenters. The van der Waals surface area contributed by atoms with Gasteiger partial charge >= 0.3 is 0 Å². The van der Waals surface area contributed by atoms with Crippen molar-refractivity contribution in [3.05, 3.63) is 65.7 Å². The van der Waals surface area contributed by atoms with E-state index in [4.69, 9.17) is 5.73 Å². The summed E-state index contributed by atoms with van der Waals surface area (Å²) in [5.41, 5.74) is 8.01. The van der Waals surface area contributed by atoms with E-state index in [2.05, 4.69) is 24.4 Å². The normalized spacial score (nSPS) is 11.8. The van der Waals surface area contributed by atoms with Crippen molar-refractivity contribution in [1.82, 2.24) is 0 Å². The van der Waals surface area contributed by atoms with E-state index in [1.807, 2.05) is 30.3 Å². The van der Waals surface area contributed by atoms with Crippen molar-refractivity contribution in [2.75, 3.05) is 5.32 Å². The van der Waals surface area contributed by atoms with Crippen molar-refractivity contribution >= 4 is 11.6 Å². The minimum Gasteiger partial charge on any atom is -0.378 e. The number of nitrogens with two attached hydrogens (primary N) is 1. The number of primary amides is 1. The van der Waals surface area contributed by atoms with E-state index in [9.17, 15) is 4.79 Å². The van der Waals surface area contributed by atoms with E-state index in [0.29, 0.717) is 5.56 Å². The molecule has 0 aromatic heterocycles. The van der Waals surface area contributed by atoms with Crippen LogP contribution in [0.3, 0.4) is 0 Å². The zero-order valence-corrected chi connectivity index (χ0v) is 11.7. The molecule has 2 aromatic carbocycles. The van der Waals surface area contributed by atoms with E-state index >= 15 is 0 Å². The maximum Gasteiger partial charge on any atom is 0.248 e. The van der Waals surface area contributed by atoms with Gasteiger partial charge in [-0.3, -0.25) is 4.79 Å². The smallest absolute Gasteiger partial charge is 0.248 e. The minimum absolute atomic E-state index is 0.240. The maximum atomic E-state index is 11.2. The summed E-state index contributed by atoms with van der Waals surface area (Å²) < 4.78 is 0. The molecule has 20 heavy (non-hydrogen) atoms. The highest BCUT2D eigenvalue weighted by Gasteiger charge is 2.10. The number of hydrogen-bond donors (Lipinski definition) is 2. The fraction of sp³-hybridized carbons (Fsp3) is 0.235. The Balaban J connectivity index is 2.20. The zero-order chi connectivity index (χ0) is 14.4. The third kappa shape index (κ3) is 3.60. The van der Waals surface area contributed by atoms with Gasteiger partial charge in [0.2, 0.25) is 5.91 Å². The van der Waals surface area contributed by atoms with Crippen LogP contribution in [0.4, 0.5) is 5.69 Å². The van der Waals surface area contributed by atoms with Crippen LogP contribution in [0.25, 0.3) is 0 Å².